The molecule has 0 atom stereocenters. The van der Waals surface area contributed by atoms with E-state index in [0.29, 0.717) is 22.9 Å². The summed E-state index contributed by atoms with van der Waals surface area (Å²) >= 11 is 5.96. The Bertz CT molecular complexity index is 584. The second kappa shape index (κ2) is 6.96. The summed E-state index contributed by atoms with van der Waals surface area (Å²) in [5.74, 6) is 0.314. The van der Waals surface area contributed by atoms with Gasteiger partial charge < -0.3 is 10.1 Å². The van der Waals surface area contributed by atoms with Crippen LogP contribution in [-0.4, -0.2) is 12.5 Å². The third kappa shape index (κ3) is 3.75. The highest BCUT2D eigenvalue weighted by Crippen LogP contribution is 2.24. The molecular weight excluding hydrogens is 274 g/mol. The zero-order valence-corrected chi connectivity index (χ0v) is 12.0. The molecule has 0 aliphatic heterocycles. The van der Waals surface area contributed by atoms with E-state index in [1.807, 2.05) is 37.3 Å². The van der Waals surface area contributed by atoms with Gasteiger partial charge in [-0.1, -0.05) is 36.7 Å². The zero-order valence-electron chi connectivity index (χ0n) is 11.2. The summed E-state index contributed by atoms with van der Waals surface area (Å²) in [5, 5.41) is 3.33. The summed E-state index contributed by atoms with van der Waals surface area (Å²) in [4.78, 5) is 12.3. The summed E-state index contributed by atoms with van der Waals surface area (Å²) < 4.78 is 5.58. The van der Waals surface area contributed by atoms with Crippen LogP contribution < -0.4 is 10.1 Å². The van der Waals surface area contributed by atoms with Crippen LogP contribution in [0.1, 0.15) is 23.7 Å². The minimum Gasteiger partial charge on any atom is -0.493 e. The van der Waals surface area contributed by atoms with Crippen molar-refractivity contribution in [3.8, 4) is 5.75 Å². The van der Waals surface area contributed by atoms with E-state index in [9.17, 15) is 4.79 Å². The Hall–Kier alpha value is -2.00. The molecule has 4 heteroatoms. The van der Waals surface area contributed by atoms with Gasteiger partial charge >= 0.3 is 0 Å². The third-order valence-corrected chi connectivity index (χ3v) is 2.91. The van der Waals surface area contributed by atoms with Crippen molar-refractivity contribution in [2.75, 3.05) is 11.9 Å². The molecule has 0 fully saturated rings. The number of halogens is 1. The van der Waals surface area contributed by atoms with Crippen LogP contribution in [0.25, 0.3) is 0 Å². The summed E-state index contributed by atoms with van der Waals surface area (Å²) in [5.41, 5.74) is 1.17. The Kier molecular flexibility index (Phi) is 5.02. The van der Waals surface area contributed by atoms with Gasteiger partial charge in [-0.2, -0.15) is 0 Å². The Balaban J connectivity index is 2.21. The molecule has 1 amide bonds. The number of rotatable bonds is 5. The second-order valence-corrected chi connectivity index (χ2v) is 4.75. The van der Waals surface area contributed by atoms with Crippen LogP contribution in [0.15, 0.2) is 48.5 Å². The maximum Gasteiger partial charge on any atom is 0.259 e. The smallest absolute Gasteiger partial charge is 0.259 e. The molecule has 3 nitrogen and oxygen atoms in total. The van der Waals surface area contributed by atoms with Gasteiger partial charge in [-0.25, -0.2) is 0 Å². The van der Waals surface area contributed by atoms with E-state index >= 15 is 0 Å². The first-order valence-corrected chi connectivity index (χ1v) is 6.87. The van der Waals surface area contributed by atoms with E-state index in [-0.39, 0.29) is 5.91 Å². The topological polar surface area (TPSA) is 38.3 Å². The van der Waals surface area contributed by atoms with Crippen molar-refractivity contribution < 1.29 is 9.53 Å². The molecule has 2 aromatic carbocycles. The van der Waals surface area contributed by atoms with Gasteiger partial charge in [-0.15, -0.1) is 0 Å². The number of carbonyl (C=O) groups is 1. The van der Waals surface area contributed by atoms with Crippen LogP contribution in [0.3, 0.4) is 0 Å². The first-order valence-electron chi connectivity index (χ1n) is 6.49. The molecule has 0 saturated heterocycles. The summed E-state index contributed by atoms with van der Waals surface area (Å²) in [7, 11) is 0. The monoisotopic (exact) mass is 289 g/mol. The Labute approximate surface area is 123 Å². The molecule has 0 spiro atoms. The minimum atomic E-state index is -0.232. The maximum absolute atomic E-state index is 12.3. The molecule has 0 saturated carbocycles. The lowest BCUT2D eigenvalue weighted by atomic mass is 10.2. The van der Waals surface area contributed by atoms with Crippen LogP contribution in [0, 0.1) is 0 Å². The zero-order chi connectivity index (χ0) is 14.4. The van der Waals surface area contributed by atoms with Crippen molar-refractivity contribution in [1.29, 1.82) is 0 Å². The molecule has 0 heterocycles. The van der Waals surface area contributed by atoms with Gasteiger partial charge in [0.05, 0.1) is 12.2 Å². The molecule has 0 aliphatic carbocycles. The fourth-order valence-corrected chi connectivity index (χ4v) is 1.91. The number of para-hydroxylation sites is 1. The Morgan fingerprint density at radius 1 is 1.20 bits per heavy atom. The lowest BCUT2D eigenvalue weighted by Crippen LogP contribution is -2.14. The van der Waals surface area contributed by atoms with E-state index in [0.717, 1.165) is 12.1 Å². The Morgan fingerprint density at radius 3 is 2.65 bits per heavy atom. The quantitative estimate of drug-likeness (QED) is 0.887. The number of anilines is 1. The molecule has 0 radical (unpaired) electrons. The van der Waals surface area contributed by atoms with E-state index in [1.165, 1.54) is 0 Å². The van der Waals surface area contributed by atoms with Gasteiger partial charge in [0.15, 0.2) is 0 Å². The SMILES string of the molecule is CCCOc1ccc(Cl)cc1C(=O)Nc1ccccc1. The van der Waals surface area contributed by atoms with Crippen molar-refractivity contribution in [2.45, 2.75) is 13.3 Å². The molecule has 104 valence electrons. The van der Waals surface area contributed by atoms with Gasteiger partial charge in [-0.3, -0.25) is 4.79 Å². The van der Waals surface area contributed by atoms with Gasteiger partial charge in [-0.05, 0) is 36.8 Å². The molecule has 2 aromatic rings. The maximum atomic E-state index is 12.3. The summed E-state index contributed by atoms with van der Waals surface area (Å²) in [6.45, 7) is 2.58. The number of benzene rings is 2. The fourth-order valence-electron chi connectivity index (χ4n) is 1.74. The van der Waals surface area contributed by atoms with Crippen LogP contribution in [-0.2, 0) is 0 Å². The number of carbonyl (C=O) groups excluding carboxylic acids is 1. The largest absolute Gasteiger partial charge is 0.493 e. The normalized spacial score (nSPS) is 10.1. The van der Waals surface area contributed by atoms with Crippen LogP contribution in [0.4, 0.5) is 5.69 Å². The minimum absolute atomic E-state index is 0.232. The third-order valence-electron chi connectivity index (χ3n) is 2.68. The molecule has 2 rings (SSSR count). The number of hydrogen-bond acceptors (Lipinski definition) is 2. The van der Waals surface area contributed by atoms with Crippen molar-refractivity contribution in [3.63, 3.8) is 0 Å². The highest BCUT2D eigenvalue weighted by Gasteiger charge is 2.13. The lowest BCUT2D eigenvalue weighted by molar-refractivity contribution is 0.102. The highest BCUT2D eigenvalue weighted by molar-refractivity contribution is 6.31. The van der Waals surface area contributed by atoms with Gasteiger partial charge in [0.1, 0.15) is 5.75 Å². The molecule has 1 N–H and O–H groups in total. The number of nitrogens with one attached hydrogen (secondary N) is 1. The van der Waals surface area contributed by atoms with Gasteiger partial charge in [0.25, 0.3) is 5.91 Å². The van der Waals surface area contributed by atoms with Crippen LogP contribution in [0.2, 0.25) is 5.02 Å². The predicted molar refractivity (Wildman–Crippen MR) is 81.6 cm³/mol. The molecule has 0 unspecified atom stereocenters. The number of hydrogen-bond donors (Lipinski definition) is 1. The van der Waals surface area contributed by atoms with Crippen molar-refractivity contribution in [1.82, 2.24) is 0 Å². The first-order chi connectivity index (χ1) is 9.70. The molecule has 20 heavy (non-hydrogen) atoms. The van der Waals surface area contributed by atoms with Crippen LogP contribution in [0.5, 0.6) is 5.75 Å². The van der Waals surface area contributed by atoms with E-state index in [1.54, 1.807) is 18.2 Å². The lowest BCUT2D eigenvalue weighted by Gasteiger charge is -2.11. The van der Waals surface area contributed by atoms with Gasteiger partial charge in [0, 0.05) is 10.7 Å². The standard InChI is InChI=1S/C16H16ClNO2/c1-2-10-20-15-9-8-12(17)11-14(15)16(19)18-13-6-4-3-5-7-13/h3-9,11H,2,10H2,1H3,(H,18,19). The Morgan fingerprint density at radius 2 is 1.95 bits per heavy atom. The fraction of sp³-hybridized carbons (Fsp3) is 0.188. The average Bonchev–Trinajstić information content (AvgIpc) is 2.47. The summed E-state index contributed by atoms with van der Waals surface area (Å²) in [6.07, 6.45) is 0.877. The molecule has 0 aromatic heterocycles. The number of ether oxygens (including phenoxy) is 1. The number of amides is 1. The molecule has 0 bridgehead atoms. The second-order valence-electron chi connectivity index (χ2n) is 4.31. The first kappa shape index (κ1) is 14.4. The molecular formula is C16H16ClNO2. The predicted octanol–water partition coefficient (Wildman–Crippen LogP) is 4.38. The van der Waals surface area contributed by atoms with E-state index in [2.05, 4.69) is 5.32 Å². The van der Waals surface area contributed by atoms with Gasteiger partial charge in [0.2, 0.25) is 0 Å². The molecule has 0 aliphatic rings. The van der Waals surface area contributed by atoms with Crippen molar-refractivity contribution >= 4 is 23.2 Å². The average molecular weight is 290 g/mol. The highest BCUT2D eigenvalue weighted by atomic mass is 35.5. The van der Waals surface area contributed by atoms with Crippen molar-refractivity contribution in [2.24, 2.45) is 0 Å². The summed E-state index contributed by atoms with van der Waals surface area (Å²) in [6, 6.07) is 14.3. The van der Waals surface area contributed by atoms with Crippen LogP contribution >= 0.6 is 11.6 Å². The van der Waals surface area contributed by atoms with Crippen molar-refractivity contribution in [3.05, 3.63) is 59.1 Å². The van der Waals surface area contributed by atoms with E-state index < -0.39 is 0 Å². The van der Waals surface area contributed by atoms with E-state index in [4.69, 9.17) is 16.3 Å².